The summed E-state index contributed by atoms with van der Waals surface area (Å²) in [5.74, 6) is 0. The molecule has 0 aliphatic carbocycles. The molecule has 0 rings (SSSR count). The van der Waals surface area contributed by atoms with Gasteiger partial charge in [-0.05, 0) is 20.1 Å². The Kier molecular flexibility index (Phi) is 2.29. The topological polar surface area (TPSA) is 18.5 Å². The van der Waals surface area contributed by atoms with Gasteiger partial charge in [-0.25, -0.2) is 0 Å². The van der Waals surface area contributed by atoms with Crippen LogP contribution >= 0.6 is 0 Å². The van der Waals surface area contributed by atoms with Crippen LogP contribution in [0.25, 0.3) is 0 Å². The molecule has 0 bridgehead atoms. The normalized spacial score (nSPS) is 23.5. The fraction of sp³-hybridized carbons (Fsp3) is 0.818. The molecule has 78 valence electrons. The van der Waals surface area contributed by atoms with E-state index in [1.807, 2.05) is 0 Å². The zero-order valence-electron chi connectivity index (χ0n) is 14.9. The molecule has 0 aliphatic rings. The van der Waals surface area contributed by atoms with Crippen LogP contribution in [0.1, 0.15) is 42.2 Å². The van der Waals surface area contributed by atoms with Crippen LogP contribution in [-0.2, 0) is 9.47 Å². The number of ether oxygens (including phenoxy) is 2. The predicted molar refractivity (Wildman–Crippen MR) is 55.6 cm³/mol. The van der Waals surface area contributed by atoms with Crippen molar-refractivity contribution < 1.29 is 17.7 Å². The van der Waals surface area contributed by atoms with E-state index in [-0.39, 0.29) is 5.57 Å². The summed E-state index contributed by atoms with van der Waals surface area (Å²) < 4.78 is 56.0. The number of rotatable bonds is 5. The Morgan fingerprint density at radius 1 is 1.62 bits per heavy atom. The van der Waals surface area contributed by atoms with Crippen LogP contribution in [0.5, 0.6) is 0 Å². The predicted octanol–water partition coefficient (Wildman–Crippen LogP) is 2.99. The summed E-state index contributed by atoms with van der Waals surface area (Å²) in [4.78, 5) is 0. The van der Waals surface area contributed by atoms with Crippen molar-refractivity contribution in [1.82, 2.24) is 0 Å². The molecule has 0 radical (unpaired) electrons. The molecule has 0 unspecified atom stereocenters. The summed E-state index contributed by atoms with van der Waals surface area (Å²) in [5.41, 5.74) is -1.49. The lowest BCUT2D eigenvalue weighted by Crippen LogP contribution is -2.32. The Morgan fingerprint density at radius 2 is 2.15 bits per heavy atom. The Balaban J connectivity index is 5.73. The maximum Gasteiger partial charge on any atom is 0.162 e. The molecule has 0 saturated heterocycles. The largest absolute Gasteiger partial charge is 0.355 e. The quantitative estimate of drug-likeness (QED) is 0.492. The first kappa shape index (κ1) is 5.52. The van der Waals surface area contributed by atoms with E-state index in [4.69, 9.17) is 17.7 Å². The van der Waals surface area contributed by atoms with Gasteiger partial charge in [-0.2, -0.15) is 0 Å². The third-order valence-corrected chi connectivity index (χ3v) is 1.59. The average molecular weight is 192 g/mol. The Bertz CT molecular complexity index is 342. The van der Waals surface area contributed by atoms with Gasteiger partial charge in [0.25, 0.3) is 0 Å². The zero-order chi connectivity index (χ0) is 15.6. The van der Waals surface area contributed by atoms with E-state index in [1.54, 1.807) is 0 Å². The zero-order valence-corrected chi connectivity index (χ0v) is 8.89. The molecular formula is C11H22O2. The van der Waals surface area contributed by atoms with Gasteiger partial charge in [-0.3, -0.25) is 0 Å². The van der Waals surface area contributed by atoms with Gasteiger partial charge in [0.05, 0.1) is 1.37 Å². The fourth-order valence-electron chi connectivity index (χ4n) is 0.999. The molecule has 0 aromatic rings. The molecule has 0 amide bonds. The number of hydrogen-bond acceptors (Lipinski definition) is 2. The molecule has 0 fully saturated rings. The molecule has 0 aliphatic heterocycles. The van der Waals surface area contributed by atoms with Crippen LogP contribution in [-0.4, -0.2) is 20.5 Å². The molecule has 0 spiro atoms. The van der Waals surface area contributed by atoms with Crippen LogP contribution < -0.4 is 0 Å². The summed E-state index contributed by atoms with van der Waals surface area (Å²) in [6.45, 7) is 1.83. The van der Waals surface area contributed by atoms with Crippen LogP contribution in [0.4, 0.5) is 0 Å². The Hall–Kier alpha value is -0.340. The molecule has 2 nitrogen and oxygen atoms in total. The first-order chi connectivity index (χ1) is 8.33. The minimum atomic E-state index is -2.49. The van der Waals surface area contributed by atoms with Crippen molar-refractivity contribution in [2.75, 3.05) is 14.2 Å². The molecule has 0 heterocycles. The Labute approximate surface area is 90.4 Å². The van der Waals surface area contributed by atoms with E-state index in [0.717, 1.165) is 0 Å². The highest BCUT2D eigenvalue weighted by molar-refractivity contribution is 4.96. The van der Waals surface area contributed by atoms with Crippen LogP contribution in [0, 0.1) is 5.41 Å². The van der Waals surface area contributed by atoms with Crippen molar-refractivity contribution in [3.8, 4) is 0 Å². The van der Waals surface area contributed by atoms with Gasteiger partial charge >= 0.3 is 0 Å². The summed E-state index contributed by atoms with van der Waals surface area (Å²) >= 11 is 0. The van der Waals surface area contributed by atoms with Crippen molar-refractivity contribution in [2.24, 2.45) is 5.41 Å². The molecule has 0 saturated carbocycles. The minimum Gasteiger partial charge on any atom is -0.355 e. The number of methoxy groups -OCH3 is 2. The highest BCUT2D eigenvalue weighted by Gasteiger charge is 2.28. The van der Waals surface area contributed by atoms with Gasteiger partial charge in [0.15, 0.2) is 6.29 Å². The van der Waals surface area contributed by atoms with Crippen molar-refractivity contribution in [1.29, 1.82) is 0 Å². The second-order valence-electron chi connectivity index (χ2n) is 3.40. The van der Waals surface area contributed by atoms with E-state index < -0.39 is 31.0 Å². The summed E-state index contributed by atoms with van der Waals surface area (Å²) in [6, 6.07) is -0.559. The lowest BCUT2D eigenvalue weighted by Gasteiger charge is -2.31. The van der Waals surface area contributed by atoms with Crippen LogP contribution in [0.15, 0.2) is 11.6 Å². The van der Waals surface area contributed by atoms with Gasteiger partial charge in [-0.15, -0.1) is 0 Å². The molecule has 0 aromatic carbocycles. The standard InChI is InChI=1S/C11H22O2/c1-9(2)7-8-11(3,4)10(12-5)13-6/h7,10H,8H2,1-6H3/i1D3,7D,8D2. The lowest BCUT2D eigenvalue weighted by atomic mass is 9.87. The molecule has 13 heavy (non-hydrogen) atoms. The lowest BCUT2D eigenvalue weighted by molar-refractivity contribution is -0.166. The van der Waals surface area contributed by atoms with Crippen LogP contribution in [0.2, 0.25) is 0 Å². The first-order valence-corrected chi connectivity index (χ1v) is 4.08. The molecule has 0 atom stereocenters. The molecule has 0 aromatic heterocycles. The van der Waals surface area contributed by atoms with E-state index in [0.29, 0.717) is 0 Å². The van der Waals surface area contributed by atoms with Gasteiger partial charge in [0, 0.05) is 26.5 Å². The van der Waals surface area contributed by atoms with Crippen LogP contribution in [0.3, 0.4) is 0 Å². The Morgan fingerprint density at radius 3 is 2.54 bits per heavy atom. The third-order valence-electron chi connectivity index (χ3n) is 1.59. The maximum absolute atomic E-state index is 8.09. The van der Waals surface area contributed by atoms with Crippen molar-refractivity contribution in [3.63, 3.8) is 0 Å². The highest BCUT2D eigenvalue weighted by atomic mass is 16.7. The second kappa shape index (κ2) is 5.40. The average Bonchev–Trinajstić information content (AvgIpc) is 2.26. The van der Waals surface area contributed by atoms with E-state index in [9.17, 15) is 0 Å². The van der Waals surface area contributed by atoms with Crippen molar-refractivity contribution in [3.05, 3.63) is 11.6 Å². The van der Waals surface area contributed by atoms with Gasteiger partial charge in [0.1, 0.15) is 0 Å². The SMILES string of the molecule is [2H]C(=C(C)C([2H])([2H])[2H])C([2H])([2H])C(C)(C)C(OC)OC. The molecule has 2 heteroatoms. The second-order valence-corrected chi connectivity index (χ2v) is 3.40. The maximum atomic E-state index is 8.09. The van der Waals surface area contributed by atoms with Crippen molar-refractivity contribution >= 4 is 0 Å². The van der Waals surface area contributed by atoms with Gasteiger partial charge in [0.2, 0.25) is 0 Å². The van der Waals surface area contributed by atoms with E-state index in [1.165, 1.54) is 35.0 Å². The fourth-order valence-corrected chi connectivity index (χ4v) is 0.999. The third kappa shape index (κ3) is 4.44. The first-order valence-electron chi connectivity index (χ1n) is 7.08. The number of hydrogen-bond donors (Lipinski definition) is 0. The molecule has 0 N–H and O–H groups in total. The summed E-state index contributed by atoms with van der Waals surface area (Å²) in [7, 11) is 2.74. The number of allylic oxidation sites excluding steroid dienone is 2. The molecular weight excluding hydrogens is 164 g/mol. The van der Waals surface area contributed by atoms with E-state index in [2.05, 4.69) is 0 Å². The van der Waals surface area contributed by atoms with Gasteiger partial charge in [-0.1, -0.05) is 25.5 Å². The monoisotopic (exact) mass is 192 g/mol. The van der Waals surface area contributed by atoms with E-state index >= 15 is 0 Å². The highest BCUT2D eigenvalue weighted by Crippen LogP contribution is 2.28. The summed E-state index contributed by atoms with van der Waals surface area (Å²) in [6.07, 6.45) is -3.10. The van der Waals surface area contributed by atoms with Gasteiger partial charge < -0.3 is 9.47 Å². The van der Waals surface area contributed by atoms with Crippen molar-refractivity contribution in [2.45, 2.75) is 40.3 Å². The summed E-state index contributed by atoms with van der Waals surface area (Å²) in [5, 5.41) is 0. The smallest absolute Gasteiger partial charge is 0.162 e. The minimum absolute atomic E-state index is 0.267.